The molecule has 1 rings (SSSR count). The second-order valence-corrected chi connectivity index (χ2v) is 3.06. The molecule has 0 aromatic heterocycles. The molecule has 0 saturated carbocycles. The molecule has 1 aromatic rings. The Morgan fingerprint density at radius 1 is 1.42 bits per heavy atom. The van der Waals surface area contributed by atoms with Crippen molar-refractivity contribution in [2.75, 3.05) is 5.88 Å². The number of nitrogens with two attached hydrogens (primary N) is 1. The highest BCUT2D eigenvalue weighted by atomic mass is 35.5. The maximum absolute atomic E-state index is 9.36. The second-order valence-electron chi connectivity index (χ2n) is 2.75. The van der Waals surface area contributed by atoms with Crippen LogP contribution in [0.2, 0.25) is 0 Å². The van der Waals surface area contributed by atoms with E-state index in [2.05, 4.69) is 0 Å². The van der Waals surface area contributed by atoms with Gasteiger partial charge in [-0.05, 0) is 18.1 Å². The minimum Gasteiger partial charge on any atom is -0.508 e. The highest BCUT2D eigenvalue weighted by molar-refractivity contribution is 6.18. The maximum Gasteiger partial charge on any atom is 0.118 e. The van der Waals surface area contributed by atoms with E-state index in [0.717, 1.165) is 5.56 Å². The zero-order valence-corrected chi connectivity index (χ0v) is 7.46. The summed E-state index contributed by atoms with van der Waals surface area (Å²) in [4.78, 5) is 0. The topological polar surface area (TPSA) is 46.2 Å². The van der Waals surface area contributed by atoms with Crippen LogP contribution >= 0.6 is 11.6 Å². The number of halogens is 1. The van der Waals surface area contributed by atoms with Crippen LogP contribution in [-0.2, 0) is 6.42 Å². The predicted octanol–water partition coefficient (Wildman–Crippen LogP) is 1.50. The third-order valence-electron chi connectivity index (χ3n) is 1.67. The summed E-state index contributed by atoms with van der Waals surface area (Å²) in [5.74, 6) is 0.701. The molecule has 3 heteroatoms. The van der Waals surface area contributed by atoms with Gasteiger partial charge in [-0.2, -0.15) is 0 Å². The van der Waals surface area contributed by atoms with E-state index in [-0.39, 0.29) is 11.8 Å². The lowest BCUT2D eigenvalue weighted by molar-refractivity contribution is 0.466. The number of rotatable bonds is 3. The van der Waals surface area contributed by atoms with Gasteiger partial charge in [-0.25, -0.2) is 0 Å². The summed E-state index contributed by atoms with van der Waals surface area (Å²) in [6.45, 7) is 0. The molecule has 0 saturated heterocycles. The molecule has 1 unspecified atom stereocenters. The Hall–Kier alpha value is -0.730. The Kier molecular flexibility index (Phi) is 3.38. The summed E-state index contributed by atoms with van der Waals surface area (Å²) in [5, 5.41) is 9.36. The first-order valence-electron chi connectivity index (χ1n) is 3.82. The molecule has 0 aliphatic heterocycles. The summed E-state index contributed by atoms with van der Waals surface area (Å²) in [6, 6.07) is 7.07. The average molecular weight is 186 g/mol. The third-order valence-corrected chi connectivity index (χ3v) is 2.07. The van der Waals surface area contributed by atoms with Gasteiger partial charge in [0.25, 0.3) is 0 Å². The number of hydrogen-bond acceptors (Lipinski definition) is 2. The van der Waals surface area contributed by atoms with Gasteiger partial charge in [0.2, 0.25) is 0 Å². The lowest BCUT2D eigenvalue weighted by Gasteiger charge is -2.08. The Bertz CT molecular complexity index is 252. The van der Waals surface area contributed by atoms with Crippen molar-refractivity contribution in [1.82, 2.24) is 0 Å². The Morgan fingerprint density at radius 3 is 2.67 bits per heavy atom. The van der Waals surface area contributed by atoms with Gasteiger partial charge in [0.1, 0.15) is 5.75 Å². The van der Waals surface area contributed by atoms with Gasteiger partial charge < -0.3 is 10.8 Å². The maximum atomic E-state index is 9.36. The van der Waals surface area contributed by atoms with Crippen LogP contribution in [0, 0.1) is 0 Å². The van der Waals surface area contributed by atoms with Crippen molar-refractivity contribution in [1.29, 1.82) is 0 Å². The molecule has 0 fully saturated rings. The van der Waals surface area contributed by atoms with E-state index in [1.807, 2.05) is 12.1 Å². The minimum atomic E-state index is -0.0834. The van der Waals surface area contributed by atoms with Gasteiger partial charge in [0, 0.05) is 11.9 Å². The zero-order chi connectivity index (χ0) is 8.97. The first-order chi connectivity index (χ1) is 5.74. The molecule has 66 valence electrons. The predicted molar refractivity (Wildman–Crippen MR) is 50.5 cm³/mol. The van der Waals surface area contributed by atoms with Crippen molar-refractivity contribution in [2.24, 2.45) is 5.73 Å². The van der Waals surface area contributed by atoms with Gasteiger partial charge >= 0.3 is 0 Å². The van der Waals surface area contributed by atoms with E-state index in [4.69, 9.17) is 17.3 Å². The molecule has 0 bridgehead atoms. The fourth-order valence-electron chi connectivity index (χ4n) is 1.02. The number of aromatic hydroxyl groups is 1. The molecule has 3 N–H and O–H groups in total. The number of hydrogen-bond donors (Lipinski definition) is 2. The molecule has 1 atom stereocenters. The van der Waals surface area contributed by atoms with E-state index in [0.29, 0.717) is 12.3 Å². The molecule has 0 radical (unpaired) electrons. The lowest BCUT2D eigenvalue weighted by Crippen LogP contribution is -2.24. The number of benzene rings is 1. The van der Waals surface area contributed by atoms with Crippen LogP contribution in [0.25, 0.3) is 0 Å². The van der Waals surface area contributed by atoms with Gasteiger partial charge in [-0.3, -0.25) is 0 Å². The Balaban J connectivity index is 2.69. The first-order valence-corrected chi connectivity index (χ1v) is 4.36. The van der Waals surface area contributed by atoms with Gasteiger partial charge in [-0.15, -0.1) is 11.6 Å². The molecule has 1 aromatic carbocycles. The van der Waals surface area contributed by atoms with E-state index in [1.165, 1.54) is 0 Å². The average Bonchev–Trinajstić information content (AvgIpc) is 2.09. The standard InChI is InChI=1S/C9H12ClNO/c10-6-8(11)5-7-3-1-2-4-9(7)12/h1-4,8,12H,5-6,11H2. The van der Waals surface area contributed by atoms with Gasteiger partial charge in [0.15, 0.2) is 0 Å². The van der Waals surface area contributed by atoms with Crippen LogP contribution in [0.5, 0.6) is 5.75 Å². The number of alkyl halides is 1. The smallest absolute Gasteiger partial charge is 0.118 e. The van der Waals surface area contributed by atoms with Crippen LogP contribution < -0.4 is 5.73 Å². The lowest BCUT2D eigenvalue weighted by atomic mass is 10.1. The molecule has 2 nitrogen and oxygen atoms in total. The molecular weight excluding hydrogens is 174 g/mol. The number of para-hydroxylation sites is 1. The van der Waals surface area contributed by atoms with Crippen LogP contribution in [0.1, 0.15) is 5.56 Å². The Labute approximate surface area is 77.0 Å². The van der Waals surface area contributed by atoms with Crippen molar-refractivity contribution in [2.45, 2.75) is 12.5 Å². The fraction of sp³-hybridized carbons (Fsp3) is 0.333. The van der Waals surface area contributed by atoms with E-state index >= 15 is 0 Å². The molecule has 0 heterocycles. The van der Waals surface area contributed by atoms with Crippen molar-refractivity contribution < 1.29 is 5.11 Å². The summed E-state index contributed by atoms with van der Waals surface area (Å²) in [5.41, 5.74) is 6.48. The summed E-state index contributed by atoms with van der Waals surface area (Å²) < 4.78 is 0. The monoisotopic (exact) mass is 185 g/mol. The first kappa shape index (κ1) is 9.36. The van der Waals surface area contributed by atoms with Crippen LogP contribution in [0.3, 0.4) is 0 Å². The molecule has 12 heavy (non-hydrogen) atoms. The van der Waals surface area contributed by atoms with Crippen LogP contribution in [-0.4, -0.2) is 17.0 Å². The zero-order valence-electron chi connectivity index (χ0n) is 6.70. The summed E-state index contributed by atoms with van der Waals surface area (Å²) >= 11 is 5.55. The quantitative estimate of drug-likeness (QED) is 0.702. The Morgan fingerprint density at radius 2 is 2.08 bits per heavy atom. The summed E-state index contributed by atoms with van der Waals surface area (Å²) in [6.07, 6.45) is 0.621. The van der Waals surface area contributed by atoms with E-state index in [9.17, 15) is 5.11 Å². The van der Waals surface area contributed by atoms with Gasteiger partial charge in [0.05, 0.1) is 0 Å². The molecular formula is C9H12ClNO. The summed E-state index contributed by atoms with van der Waals surface area (Å²) in [7, 11) is 0. The largest absolute Gasteiger partial charge is 0.508 e. The minimum absolute atomic E-state index is 0.0834. The molecule has 0 spiro atoms. The van der Waals surface area contributed by atoms with Crippen LogP contribution in [0.15, 0.2) is 24.3 Å². The second kappa shape index (κ2) is 4.33. The van der Waals surface area contributed by atoms with Crippen molar-refractivity contribution in [3.05, 3.63) is 29.8 Å². The fourth-order valence-corrected chi connectivity index (χ4v) is 1.13. The number of phenolic OH excluding ortho intramolecular Hbond substituents is 1. The van der Waals surface area contributed by atoms with Crippen LogP contribution in [0.4, 0.5) is 0 Å². The molecule has 0 amide bonds. The highest BCUT2D eigenvalue weighted by Gasteiger charge is 2.05. The van der Waals surface area contributed by atoms with Crippen molar-refractivity contribution in [3.8, 4) is 5.75 Å². The normalized spacial score (nSPS) is 12.8. The van der Waals surface area contributed by atoms with E-state index < -0.39 is 0 Å². The van der Waals surface area contributed by atoms with Crippen molar-refractivity contribution >= 4 is 11.6 Å². The molecule has 0 aliphatic rings. The van der Waals surface area contributed by atoms with Crippen molar-refractivity contribution in [3.63, 3.8) is 0 Å². The van der Waals surface area contributed by atoms with Gasteiger partial charge in [-0.1, -0.05) is 18.2 Å². The SMILES string of the molecule is NC(CCl)Cc1ccccc1O. The van der Waals surface area contributed by atoms with E-state index in [1.54, 1.807) is 12.1 Å². The molecule has 0 aliphatic carbocycles. The highest BCUT2D eigenvalue weighted by Crippen LogP contribution is 2.16. The number of phenols is 1. The third kappa shape index (κ3) is 2.40.